The lowest BCUT2D eigenvalue weighted by atomic mass is 10.0. The molecule has 0 radical (unpaired) electrons. The molecular formula is C51H85N15O10. The van der Waals surface area contributed by atoms with Gasteiger partial charge in [-0.3, -0.25) is 43.3 Å². The summed E-state index contributed by atoms with van der Waals surface area (Å²) in [5, 5.41) is 28.7. The minimum atomic E-state index is -1.34. The van der Waals surface area contributed by atoms with Crippen molar-refractivity contribution in [2.24, 2.45) is 45.1 Å². The number of aldehydes is 1. The molecule has 424 valence electrons. The van der Waals surface area contributed by atoms with E-state index in [1.54, 1.807) is 42.5 Å². The van der Waals surface area contributed by atoms with Gasteiger partial charge in [0.25, 0.3) is 0 Å². The fourth-order valence-corrected chi connectivity index (χ4v) is 7.38. The van der Waals surface area contributed by atoms with Crippen LogP contribution in [0.5, 0.6) is 5.75 Å². The molecule has 8 amide bonds. The molecule has 7 unspecified atom stereocenters. The second kappa shape index (κ2) is 39.2. The Hall–Kier alpha value is -7.22. The maximum Gasteiger partial charge on any atom is 0.243 e. The number of nitrogens with two attached hydrogens (primary N) is 7. The lowest BCUT2D eigenvalue weighted by molar-refractivity contribution is -0.134. The molecular weight excluding hydrogens is 983 g/mol. The number of hydrogen-bond acceptors (Lipinski definition) is 15. The van der Waals surface area contributed by atoms with Gasteiger partial charge in [-0.05, 0) is 114 Å². The highest BCUT2D eigenvalue weighted by Crippen LogP contribution is 2.14. The van der Waals surface area contributed by atoms with Gasteiger partial charge >= 0.3 is 0 Å². The first kappa shape index (κ1) is 66.8. The zero-order chi connectivity index (χ0) is 56.8. The first-order chi connectivity index (χ1) is 36.3. The van der Waals surface area contributed by atoms with E-state index in [9.17, 15) is 48.3 Å². The average molecular weight is 1070 g/mol. The summed E-state index contributed by atoms with van der Waals surface area (Å²) in [5.41, 5.74) is 40.4. The van der Waals surface area contributed by atoms with Gasteiger partial charge in [0.2, 0.25) is 47.3 Å². The van der Waals surface area contributed by atoms with Crippen LogP contribution in [0.2, 0.25) is 0 Å². The van der Waals surface area contributed by atoms with Crippen molar-refractivity contribution in [2.45, 2.75) is 152 Å². The van der Waals surface area contributed by atoms with E-state index in [1.807, 2.05) is 13.8 Å². The Morgan fingerprint density at radius 1 is 0.566 bits per heavy atom. The third kappa shape index (κ3) is 29.6. The summed E-state index contributed by atoms with van der Waals surface area (Å²) in [6.45, 7) is 4.24. The first-order valence-corrected chi connectivity index (χ1v) is 25.8. The molecule has 0 heterocycles. The largest absolute Gasteiger partial charge is 0.508 e. The number of unbranched alkanes of at least 4 members (excludes halogenated alkanes) is 3. The number of nitrogens with zero attached hydrogens (tertiary/aromatic N) is 1. The number of hydrogen-bond donors (Lipinski definition) is 15. The Bertz CT molecular complexity index is 2110. The number of aliphatic imine (C=N–C) groups is 1. The SMILES string of the molecule is CC(CCCCN)NC(=O)C(Cc1ccc(O)cc1)NC(=O)C(CCCCN)NC(=O)CNC(=O)C(CCCN=C(N)N)NC(=O)C(Cc1ccccc1)NC(=O)C(CCCCN)NC(=O)C(N)CC(N)=O.CCC=O. The molecule has 0 aliphatic heterocycles. The van der Waals surface area contributed by atoms with Crippen LogP contribution >= 0.6 is 0 Å². The number of primary amides is 1. The summed E-state index contributed by atoms with van der Waals surface area (Å²) in [7, 11) is 0. The van der Waals surface area contributed by atoms with E-state index >= 15 is 0 Å². The van der Waals surface area contributed by atoms with E-state index in [-0.39, 0.29) is 62.8 Å². The first-order valence-electron chi connectivity index (χ1n) is 25.8. The van der Waals surface area contributed by atoms with Crippen molar-refractivity contribution in [3.8, 4) is 5.75 Å². The van der Waals surface area contributed by atoms with Crippen molar-refractivity contribution in [2.75, 3.05) is 32.7 Å². The number of aromatic hydroxyl groups is 1. The van der Waals surface area contributed by atoms with Gasteiger partial charge in [0.1, 0.15) is 42.2 Å². The van der Waals surface area contributed by atoms with Crippen molar-refractivity contribution in [3.05, 3.63) is 65.7 Å². The van der Waals surface area contributed by atoms with Crippen LogP contribution < -0.4 is 77.4 Å². The molecule has 0 bridgehead atoms. The minimum Gasteiger partial charge on any atom is -0.508 e. The monoisotopic (exact) mass is 1070 g/mol. The molecule has 0 saturated heterocycles. The van der Waals surface area contributed by atoms with Crippen molar-refractivity contribution >= 4 is 59.5 Å². The Morgan fingerprint density at radius 2 is 1.00 bits per heavy atom. The van der Waals surface area contributed by atoms with Crippen LogP contribution in [-0.2, 0) is 56.0 Å². The van der Waals surface area contributed by atoms with Gasteiger partial charge in [-0.2, -0.15) is 0 Å². The highest BCUT2D eigenvalue weighted by Gasteiger charge is 2.32. The third-order valence-corrected chi connectivity index (χ3v) is 11.5. The molecule has 76 heavy (non-hydrogen) atoms. The van der Waals surface area contributed by atoms with Crippen molar-refractivity contribution in [3.63, 3.8) is 0 Å². The van der Waals surface area contributed by atoms with Crippen LogP contribution in [0.15, 0.2) is 59.6 Å². The summed E-state index contributed by atoms with van der Waals surface area (Å²) in [4.78, 5) is 121. The Kier molecular flexibility index (Phi) is 34.5. The fourth-order valence-electron chi connectivity index (χ4n) is 7.38. The zero-order valence-electron chi connectivity index (χ0n) is 44.1. The van der Waals surface area contributed by atoms with E-state index in [0.717, 1.165) is 19.1 Å². The normalized spacial score (nSPS) is 13.4. The van der Waals surface area contributed by atoms with Crippen LogP contribution in [0.3, 0.4) is 0 Å². The summed E-state index contributed by atoms with van der Waals surface area (Å²) in [6.07, 6.45) is 5.57. The number of carbonyl (C=O) groups excluding carboxylic acids is 9. The summed E-state index contributed by atoms with van der Waals surface area (Å²) in [5.74, 6) is -6.01. The number of benzene rings is 2. The minimum absolute atomic E-state index is 0.0249. The van der Waals surface area contributed by atoms with Crippen LogP contribution in [0.25, 0.3) is 0 Å². The molecule has 0 saturated carbocycles. The summed E-state index contributed by atoms with van der Waals surface area (Å²) in [6, 6.07) is 7.28. The molecule has 0 spiro atoms. The molecule has 25 nitrogen and oxygen atoms in total. The van der Waals surface area contributed by atoms with Gasteiger partial charge in [-0.15, -0.1) is 0 Å². The number of amides is 8. The standard InChI is InChI=1S/C48H79N15O9.C3H6O/c1-30(12-5-8-22-49)58-46(71)38(27-32-18-20-33(64)21-19-32)62-44(69)36(15-6-9-23-50)59-41(66)29-57-43(68)35(17-11-25-56-48(54)55)61-47(72)39(26-31-13-3-2-4-14-31)63-45(70)37(16-7-10-24-51)60-42(67)34(52)28-40(53)65;1-2-3-4/h2-4,13-14,18-21,30,34-39,64H,5-12,15-17,22-29,49-52H2,1H3,(H2,53,65)(H,57,68)(H,58,71)(H,59,66)(H,60,67)(H,61,72)(H,62,69)(H,63,70)(H4,54,55,56);3H,2H2,1H3. The Labute approximate surface area is 445 Å². The Balaban J connectivity index is 0.00000695. The highest BCUT2D eigenvalue weighted by molar-refractivity contribution is 5.97. The lowest BCUT2D eigenvalue weighted by Gasteiger charge is -2.26. The van der Waals surface area contributed by atoms with Gasteiger partial charge in [0, 0.05) is 31.8 Å². The molecule has 0 aliphatic rings. The molecule has 0 fully saturated rings. The second-order valence-electron chi connectivity index (χ2n) is 18.2. The number of phenolic OH excluding ortho intramolecular Hbond substituents is 1. The smallest absolute Gasteiger partial charge is 0.243 e. The molecule has 2 aromatic carbocycles. The zero-order valence-corrected chi connectivity index (χ0v) is 44.1. The van der Waals surface area contributed by atoms with Crippen LogP contribution in [-0.4, -0.2) is 140 Å². The average Bonchev–Trinajstić information content (AvgIpc) is 3.38. The van der Waals surface area contributed by atoms with E-state index in [4.69, 9.17) is 40.1 Å². The quantitative estimate of drug-likeness (QED) is 0.0143. The summed E-state index contributed by atoms with van der Waals surface area (Å²) < 4.78 is 0. The summed E-state index contributed by atoms with van der Waals surface area (Å²) >= 11 is 0. The van der Waals surface area contributed by atoms with Gasteiger partial charge < -0.3 is 87.3 Å². The van der Waals surface area contributed by atoms with Crippen molar-refractivity contribution < 1.29 is 48.3 Å². The molecule has 0 aliphatic carbocycles. The molecule has 7 atom stereocenters. The van der Waals surface area contributed by atoms with Gasteiger partial charge in [0.05, 0.1) is 19.0 Å². The van der Waals surface area contributed by atoms with E-state index in [1.165, 1.54) is 12.1 Å². The topological polar surface area (TPSA) is 453 Å². The third-order valence-electron chi connectivity index (χ3n) is 11.5. The van der Waals surface area contributed by atoms with E-state index < -0.39 is 96.5 Å². The highest BCUT2D eigenvalue weighted by atomic mass is 16.3. The number of phenols is 1. The van der Waals surface area contributed by atoms with Crippen LogP contribution in [0, 0.1) is 0 Å². The molecule has 2 aromatic rings. The predicted octanol–water partition coefficient (Wildman–Crippen LogP) is -2.54. The van der Waals surface area contributed by atoms with Crippen LogP contribution in [0.1, 0.15) is 108 Å². The maximum atomic E-state index is 14.2. The number of nitrogens with one attached hydrogen (secondary N) is 7. The maximum absolute atomic E-state index is 14.2. The molecule has 2 rings (SSSR count). The van der Waals surface area contributed by atoms with Crippen molar-refractivity contribution in [1.82, 2.24) is 37.2 Å². The molecule has 0 aromatic heterocycles. The predicted molar refractivity (Wildman–Crippen MR) is 289 cm³/mol. The molecule has 25 heteroatoms. The fraction of sp³-hybridized carbons (Fsp3) is 0.569. The van der Waals surface area contributed by atoms with Crippen LogP contribution in [0.4, 0.5) is 0 Å². The number of carbonyl (C=O) groups is 9. The van der Waals surface area contributed by atoms with E-state index in [0.29, 0.717) is 69.3 Å². The molecule has 22 N–H and O–H groups in total. The van der Waals surface area contributed by atoms with Crippen molar-refractivity contribution in [1.29, 1.82) is 0 Å². The van der Waals surface area contributed by atoms with Gasteiger partial charge in [-0.25, -0.2) is 0 Å². The van der Waals surface area contributed by atoms with Gasteiger partial charge in [-0.1, -0.05) is 55.8 Å². The number of guanidine groups is 1. The van der Waals surface area contributed by atoms with Gasteiger partial charge in [0.15, 0.2) is 5.96 Å². The number of rotatable bonds is 37. The lowest BCUT2D eigenvalue weighted by Crippen LogP contribution is -2.59. The second-order valence-corrected chi connectivity index (χ2v) is 18.2. The Morgan fingerprint density at radius 3 is 1.50 bits per heavy atom. The van der Waals surface area contributed by atoms with E-state index in [2.05, 4.69) is 42.2 Å².